The number of aliphatic carboxylic acids is 1. The lowest BCUT2D eigenvalue weighted by atomic mass is 10.1. The molecule has 0 unspecified atom stereocenters. The summed E-state index contributed by atoms with van der Waals surface area (Å²) in [5.74, 6) is -2.96. The number of thiophene rings is 1. The Morgan fingerprint density at radius 1 is 1.00 bits per heavy atom. The lowest BCUT2D eigenvalue weighted by Crippen LogP contribution is -2.17. The maximum atomic E-state index is 12.4. The number of ether oxygens (including phenoxy) is 2. The van der Waals surface area contributed by atoms with Crippen LogP contribution in [0.25, 0.3) is 0 Å². The zero-order chi connectivity index (χ0) is 20.0. The first-order valence-corrected chi connectivity index (χ1v) is 8.91. The Morgan fingerprint density at radius 3 is 2.04 bits per heavy atom. The fraction of sp³-hybridized carbons (Fsp3) is 0.529. The molecule has 0 bridgehead atoms. The van der Waals surface area contributed by atoms with Gasteiger partial charge in [0.25, 0.3) is 0 Å². The predicted molar refractivity (Wildman–Crippen MR) is 95.7 cm³/mol. The number of carboxylic acid groups (broad SMARTS) is 1. The Balaban J connectivity index is 3.19. The number of nitrogens with one attached hydrogen (secondary N) is 1. The molecule has 9 heteroatoms. The van der Waals surface area contributed by atoms with Gasteiger partial charge in [0.1, 0.15) is 9.88 Å². The van der Waals surface area contributed by atoms with Crippen molar-refractivity contribution in [3.63, 3.8) is 0 Å². The molecule has 0 radical (unpaired) electrons. The van der Waals surface area contributed by atoms with Crippen molar-refractivity contribution in [3.8, 4) is 0 Å². The third-order valence-electron chi connectivity index (χ3n) is 3.04. The van der Waals surface area contributed by atoms with Crippen molar-refractivity contribution in [2.24, 2.45) is 0 Å². The molecule has 0 aliphatic heterocycles. The SMILES string of the molecule is Cc1c(C(=O)OC(C)C)sc(NC(=O)CCC(=O)O)c1C(=O)OC(C)C. The second-order valence-corrected chi connectivity index (χ2v) is 7.13. The highest BCUT2D eigenvalue weighted by atomic mass is 32.1. The van der Waals surface area contributed by atoms with Crippen molar-refractivity contribution in [1.29, 1.82) is 0 Å². The molecule has 1 amide bonds. The van der Waals surface area contributed by atoms with Crippen LogP contribution in [0.5, 0.6) is 0 Å². The topological polar surface area (TPSA) is 119 Å². The van der Waals surface area contributed by atoms with Crippen molar-refractivity contribution >= 4 is 40.2 Å². The average Bonchev–Trinajstić information content (AvgIpc) is 2.80. The summed E-state index contributed by atoms with van der Waals surface area (Å²) in [4.78, 5) is 47.3. The molecule has 0 saturated heterocycles. The molecule has 0 aliphatic rings. The lowest BCUT2D eigenvalue weighted by molar-refractivity contribution is -0.138. The Morgan fingerprint density at radius 2 is 1.54 bits per heavy atom. The first-order chi connectivity index (χ1) is 12.0. The Labute approximate surface area is 155 Å². The number of carboxylic acids is 1. The smallest absolute Gasteiger partial charge is 0.348 e. The van der Waals surface area contributed by atoms with E-state index in [4.69, 9.17) is 14.6 Å². The van der Waals surface area contributed by atoms with Gasteiger partial charge >= 0.3 is 17.9 Å². The molecule has 26 heavy (non-hydrogen) atoms. The van der Waals surface area contributed by atoms with E-state index < -0.39 is 23.8 Å². The fourth-order valence-corrected chi connectivity index (χ4v) is 3.09. The van der Waals surface area contributed by atoms with E-state index >= 15 is 0 Å². The molecule has 1 aromatic rings. The molecule has 0 spiro atoms. The normalized spacial score (nSPS) is 10.7. The first-order valence-electron chi connectivity index (χ1n) is 8.09. The molecular weight excluding hydrogens is 362 g/mol. The quantitative estimate of drug-likeness (QED) is 0.660. The van der Waals surface area contributed by atoms with Crippen LogP contribution in [0.1, 0.15) is 66.1 Å². The van der Waals surface area contributed by atoms with Gasteiger partial charge < -0.3 is 19.9 Å². The second kappa shape index (κ2) is 9.33. The second-order valence-electron chi connectivity index (χ2n) is 6.11. The highest BCUT2D eigenvalue weighted by molar-refractivity contribution is 7.18. The Hall–Kier alpha value is -2.42. The summed E-state index contributed by atoms with van der Waals surface area (Å²) in [6.07, 6.45) is -1.33. The lowest BCUT2D eigenvalue weighted by Gasteiger charge is -2.10. The van der Waals surface area contributed by atoms with Crippen LogP contribution in [0.2, 0.25) is 0 Å². The zero-order valence-corrected chi connectivity index (χ0v) is 16.2. The summed E-state index contributed by atoms with van der Waals surface area (Å²) < 4.78 is 10.3. The van der Waals surface area contributed by atoms with Gasteiger partial charge in [0, 0.05) is 6.42 Å². The van der Waals surface area contributed by atoms with Gasteiger partial charge in [-0.05, 0) is 40.2 Å². The van der Waals surface area contributed by atoms with Crippen molar-refractivity contribution < 1.29 is 33.8 Å². The van der Waals surface area contributed by atoms with E-state index in [1.807, 2.05) is 0 Å². The molecule has 2 N–H and O–H groups in total. The van der Waals surface area contributed by atoms with Gasteiger partial charge in [-0.1, -0.05) is 0 Å². The standard InChI is InChI=1S/C17H23NO7S/c1-8(2)24-16(22)13-10(5)14(17(23)25-9(3)4)26-15(13)18-11(19)6-7-12(20)21/h8-9H,6-7H2,1-5H3,(H,18,19)(H,20,21). The minimum absolute atomic E-state index is 0.0723. The van der Waals surface area contributed by atoms with Crippen LogP contribution in [0.15, 0.2) is 0 Å². The van der Waals surface area contributed by atoms with Gasteiger partial charge in [-0.2, -0.15) is 0 Å². The molecular formula is C17H23NO7S. The van der Waals surface area contributed by atoms with Crippen LogP contribution in [-0.2, 0) is 19.1 Å². The number of rotatable bonds is 8. The van der Waals surface area contributed by atoms with Crippen molar-refractivity contribution in [2.45, 2.75) is 59.7 Å². The fourth-order valence-electron chi connectivity index (χ4n) is 1.99. The number of carbonyl (C=O) groups excluding carboxylic acids is 3. The molecule has 1 rings (SSSR count). The molecule has 144 valence electrons. The third kappa shape index (κ3) is 6.14. The minimum Gasteiger partial charge on any atom is -0.481 e. The van der Waals surface area contributed by atoms with Gasteiger partial charge in [-0.3, -0.25) is 9.59 Å². The van der Waals surface area contributed by atoms with E-state index in [1.165, 1.54) is 0 Å². The number of esters is 2. The van der Waals surface area contributed by atoms with Crippen LogP contribution < -0.4 is 5.32 Å². The molecule has 0 aliphatic carbocycles. The molecule has 1 aromatic heterocycles. The third-order valence-corrected chi connectivity index (χ3v) is 4.23. The van der Waals surface area contributed by atoms with E-state index in [2.05, 4.69) is 5.32 Å². The number of carbonyl (C=O) groups is 4. The minimum atomic E-state index is -1.11. The summed E-state index contributed by atoms with van der Waals surface area (Å²) in [6, 6.07) is 0. The molecule has 0 saturated carbocycles. The number of anilines is 1. The Bertz CT molecular complexity index is 706. The van der Waals surface area contributed by atoms with Crippen molar-refractivity contribution in [2.75, 3.05) is 5.32 Å². The predicted octanol–water partition coefficient (Wildman–Crippen LogP) is 2.99. The van der Waals surface area contributed by atoms with Crippen molar-refractivity contribution in [3.05, 3.63) is 16.0 Å². The van der Waals surface area contributed by atoms with Crippen LogP contribution in [-0.4, -0.2) is 41.1 Å². The van der Waals surface area contributed by atoms with Crippen LogP contribution in [0, 0.1) is 6.92 Å². The molecule has 8 nitrogen and oxygen atoms in total. The van der Waals surface area contributed by atoms with Crippen LogP contribution >= 0.6 is 11.3 Å². The van der Waals surface area contributed by atoms with Gasteiger partial charge in [0.2, 0.25) is 5.91 Å². The van der Waals surface area contributed by atoms with Gasteiger partial charge in [0.15, 0.2) is 0 Å². The summed E-state index contributed by atoms with van der Waals surface area (Å²) >= 11 is 0.899. The largest absolute Gasteiger partial charge is 0.481 e. The van der Waals surface area contributed by atoms with Gasteiger partial charge in [0.05, 0.1) is 24.2 Å². The molecule has 0 atom stereocenters. The Kier molecular flexibility index (Phi) is 7.76. The van der Waals surface area contributed by atoms with E-state index in [9.17, 15) is 19.2 Å². The number of hydrogen-bond acceptors (Lipinski definition) is 7. The van der Waals surface area contributed by atoms with Crippen molar-refractivity contribution in [1.82, 2.24) is 0 Å². The van der Waals surface area contributed by atoms with Gasteiger partial charge in [-0.15, -0.1) is 11.3 Å². The van der Waals surface area contributed by atoms with E-state index in [0.29, 0.717) is 5.56 Å². The average molecular weight is 385 g/mol. The summed E-state index contributed by atoms with van der Waals surface area (Å²) in [7, 11) is 0. The monoisotopic (exact) mass is 385 g/mol. The highest BCUT2D eigenvalue weighted by Gasteiger charge is 2.28. The summed E-state index contributed by atoms with van der Waals surface area (Å²) in [6.45, 7) is 8.32. The maximum absolute atomic E-state index is 12.4. The van der Waals surface area contributed by atoms with Crippen LogP contribution in [0.3, 0.4) is 0 Å². The maximum Gasteiger partial charge on any atom is 0.348 e. The summed E-state index contributed by atoms with van der Waals surface area (Å²) in [5.41, 5.74) is 0.419. The number of hydrogen-bond donors (Lipinski definition) is 2. The zero-order valence-electron chi connectivity index (χ0n) is 15.4. The van der Waals surface area contributed by atoms with Gasteiger partial charge in [-0.25, -0.2) is 9.59 Å². The molecule has 0 fully saturated rings. The van der Waals surface area contributed by atoms with Crippen LogP contribution in [0.4, 0.5) is 5.00 Å². The first kappa shape index (κ1) is 21.6. The highest BCUT2D eigenvalue weighted by Crippen LogP contribution is 2.34. The molecule has 0 aromatic carbocycles. The van der Waals surface area contributed by atoms with E-state index in [0.717, 1.165) is 11.3 Å². The summed E-state index contributed by atoms with van der Waals surface area (Å²) in [5, 5.41) is 11.3. The van der Waals surface area contributed by atoms with E-state index in [1.54, 1.807) is 34.6 Å². The number of amides is 1. The molecule has 1 heterocycles. The van der Waals surface area contributed by atoms with E-state index in [-0.39, 0.29) is 40.5 Å².